The van der Waals surface area contributed by atoms with Crippen LogP contribution in [0.4, 0.5) is 0 Å². The second-order valence-corrected chi connectivity index (χ2v) is 4.09. The van der Waals surface area contributed by atoms with Gasteiger partial charge in [0, 0.05) is 19.2 Å². The first kappa shape index (κ1) is 13.9. The van der Waals surface area contributed by atoms with E-state index in [0.29, 0.717) is 6.04 Å². The van der Waals surface area contributed by atoms with Gasteiger partial charge in [-0.05, 0) is 19.3 Å². The van der Waals surface area contributed by atoms with Crippen molar-refractivity contribution >= 4 is 0 Å². The van der Waals surface area contributed by atoms with Gasteiger partial charge >= 0.3 is 0 Å². The minimum Gasteiger partial charge on any atom is -0.380 e. The monoisotopic (exact) mass is 201 g/mol. The van der Waals surface area contributed by atoms with E-state index >= 15 is 0 Å². The average molecular weight is 201 g/mol. The molecule has 2 nitrogen and oxygen atoms in total. The highest BCUT2D eigenvalue weighted by Crippen LogP contribution is 2.05. The molecule has 2 heteroatoms. The third-order valence-electron chi connectivity index (χ3n) is 2.85. The van der Waals surface area contributed by atoms with Crippen LogP contribution in [0.5, 0.6) is 0 Å². The van der Waals surface area contributed by atoms with Crippen LogP contribution in [-0.4, -0.2) is 25.8 Å². The molecule has 1 N–H and O–H groups in total. The lowest BCUT2D eigenvalue weighted by molar-refractivity contribution is 0.129. The maximum absolute atomic E-state index is 5.48. The summed E-state index contributed by atoms with van der Waals surface area (Å²) in [6.45, 7) is 11.7. The van der Waals surface area contributed by atoms with Crippen molar-refractivity contribution in [1.82, 2.24) is 5.32 Å². The Labute approximate surface area is 89.4 Å². The number of ether oxygens (including phenoxy) is 1. The fourth-order valence-electron chi connectivity index (χ4n) is 1.26. The largest absolute Gasteiger partial charge is 0.380 e. The van der Waals surface area contributed by atoms with Crippen molar-refractivity contribution in [2.45, 2.75) is 53.0 Å². The van der Waals surface area contributed by atoms with Crippen LogP contribution in [-0.2, 0) is 4.74 Å². The zero-order valence-corrected chi connectivity index (χ0v) is 10.3. The van der Waals surface area contributed by atoms with Gasteiger partial charge in [-0.15, -0.1) is 0 Å². The molecule has 0 amide bonds. The highest BCUT2D eigenvalue weighted by molar-refractivity contribution is 4.66. The van der Waals surface area contributed by atoms with Crippen molar-refractivity contribution < 1.29 is 4.74 Å². The van der Waals surface area contributed by atoms with Crippen LogP contribution >= 0.6 is 0 Å². The van der Waals surface area contributed by atoms with Crippen LogP contribution in [0, 0.1) is 5.92 Å². The first-order chi connectivity index (χ1) is 6.72. The number of nitrogens with one attached hydrogen (secondary N) is 1. The smallest absolute Gasteiger partial charge is 0.0590 e. The van der Waals surface area contributed by atoms with E-state index in [1.165, 1.54) is 19.3 Å². The molecule has 0 saturated carbocycles. The quantitative estimate of drug-likeness (QED) is 0.579. The Bertz CT molecular complexity index is 117. The fourth-order valence-corrected chi connectivity index (χ4v) is 1.26. The number of rotatable bonds is 9. The fraction of sp³-hybridized carbons (Fsp3) is 1.00. The molecule has 2 atom stereocenters. The summed E-state index contributed by atoms with van der Waals surface area (Å²) < 4.78 is 5.48. The average Bonchev–Trinajstić information content (AvgIpc) is 2.21. The molecular weight excluding hydrogens is 174 g/mol. The lowest BCUT2D eigenvalue weighted by atomic mass is 10.0. The van der Waals surface area contributed by atoms with E-state index in [9.17, 15) is 0 Å². The van der Waals surface area contributed by atoms with Gasteiger partial charge in [0.1, 0.15) is 0 Å². The van der Waals surface area contributed by atoms with Gasteiger partial charge in [0.15, 0.2) is 0 Å². The molecule has 0 bridgehead atoms. The van der Waals surface area contributed by atoms with Crippen LogP contribution in [0.25, 0.3) is 0 Å². The highest BCUT2D eigenvalue weighted by Gasteiger charge is 2.07. The van der Waals surface area contributed by atoms with E-state index in [4.69, 9.17) is 4.74 Å². The van der Waals surface area contributed by atoms with Crippen molar-refractivity contribution in [3.63, 3.8) is 0 Å². The van der Waals surface area contributed by atoms with Gasteiger partial charge in [-0.25, -0.2) is 0 Å². The standard InChI is InChI=1S/C12H27NO/c1-5-7-9-14-10-8-13-12(4)11(3)6-2/h11-13H,5-10H2,1-4H3. The van der Waals surface area contributed by atoms with Crippen molar-refractivity contribution in [2.75, 3.05) is 19.8 Å². The first-order valence-corrected chi connectivity index (χ1v) is 6.03. The summed E-state index contributed by atoms with van der Waals surface area (Å²) in [5, 5.41) is 3.49. The van der Waals surface area contributed by atoms with Gasteiger partial charge in [-0.3, -0.25) is 0 Å². The highest BCUT2D eigenvalue weighted by atomic mass is 16.5. The second kappa shape index (κ2) is 9.47. The predicted octanol–water partition coefficient (Wildman–Crippen LogP) is 2.83. The molecule has 0 aliphatic rings. The summed E-state index contributed by atoms with van der Waals surface area (Å²) in [6.07, 6.45) is 3.64. The Hall–Kier alpha value is -0.0800. The Morgan fingerprint density at radius 3 is 2.43 bits per heavy atom. The molecule has 0 aromatic carbocycles. The van der Waals surface area contributed by atoms with E-state index in [-0.39, 0.29) is 0 Å². The van der Waals surface area contributed by atoms with Gasteiger partial charge in [-0.2, -0.15) is 0 Å². The molecule has 0 heterocycles. The predicted molar refractivity (Wildman–Crippen MR) is 62.6 cm³/mol. The van der Waals surface area contributed by atoms with Crippen molar-refractivity contribution in [3.05, 3.63) is 0 Å². The lowest BCUT2D eigenvalue weighted by Gasteiger charge is -2.19. The summed E-state index contributed by atoms with van der Waals surface area (Å²) >= 11 is 0. The molecule has 0 saturated heterocycles. The third kappa shape index (κ3) is 7.34. The minimum atomic E-state index is 0.606. The van der Waals surface area contributed by atoms with Crippen molar-refractivity contribution in [3.8, 4) is 0 Å². The van der Waals surface area contributed by atoms with Crippen LogP contribution in [0.1, 0.15) is 47.0 Å². The zero-order valence-electron chi connectivity index (χ0n) is 10.3. The Balaban J connectivity index is 3.18. The lowest BCUT2D eigenvalue weighted by Crippen LogP contribution is -2.34. The van der Waals surface area contributed by atoms with E-state index in [1.807, 2.05) is 0 Å². The number of hydrogen-bond donors (Lipinski definition) is 1. The topological polar surface area (TPSA) is 21.3 Å². The van der Waals surface area contributed by atoms with E-state index < -0.39 is 0 Å². The molecule has 0 aliphatic heterocycles. The van der Waals surface area contributed by atoms with Gasteiger partial charge < -0.3 is 10.1 Å². The molecular formula is C12H27NO. The van der Waals surface area contributed by atoms with Crippen molar-refractivity contribution in [1.29, 1.82) is 0 Å². The maximum Gasteiger partial charge on any atom is 0.0590 e. The Kier molecular flexibility index (Phi) is 9.42. The van der Waals surface area contributed by atoms with Gasteiger partial charge in [-0.1, -0.05) is 33.6 Å². The summed E-state index contributed by atoms with van der Waals surface area (Å²) in [7, 11) is 0. The Morgan fingerprint density at radius 1 is 1.14 bits per heavy atom. The molecule has 0 aromatic rings. The molecule has 2 unspecified atom stereocenters. The number of hydrogen-bond acceptors (Lipinski definition) is 2. The molecule has 0 radical (unpaired) electrons. The molecule has 0 rings (SSSR count). The third-order valence-corrected chi connectivity index (χ3v) is 2.85. The Morgan fingerprint density at radius 2 is 1.86 bits per heavy atom. The van der Waals surface area contributed by atoms with Crippen LogP contribution < -0.4 is 5.32 Å². The minimum absolute atomic E-state index is 0.606. The molecule has 0 spiro atoms. The summed E-state index contributed by atoms with van der Waals surface area (Å²) in [6, 6.07) is 0.606. The zero-order chi connectivity index (χ0) is 10.8. The number of unbranched alkanes of at least 4 members (excludes halogenated alkanes) is 1. The van der Waals surface area contributed by atoms with Crippen LogP contribution in [0.3, 0.4) is 0 Å². The molecule has 86 valence electrons. The first-order valence-electron chi connectivity index (χ1n) is 6.03. The van der Waals surface area contributed by atoms with Crippen LogP contribution in [0.2, 0.25) is 0 Å². The summed E-state index contributed by atoms with van der Waals surface area (Å²) in [4.78, 5) is 0. The molecule has 0 aliphatic carbocycles. The maximum atomic E-state index is 5.48. The van der Waals surface area contributed by atoms with Gasteiger partial charge in [0.2, 0.25) is 0 Å². The SMILES string of the molecule is CCCCOCCNC(C)C(C)CC. The van der Waals surface area contributed by atoms with E-state index in [2.05, 4.69) is 33.0 Å². The van der Waals surface area contributed by atoms with Gasteiger partial charge in [0.05, 0.1) is 6.61 Å². The van der Waals surface area contributed by atoms with E-state index in [1.54, 1.807) is 0 Å². The summed E-state index contributed by atoms with van der Waals surface area (Å²) in [5.74, 6) is 0.755. The van der Waals surface area contributed by atoms with Crippen molar-refractivity contribution in [2.24, 2.45) is 5.92 Å². The van der Waals surface area contributed by atoms with Gasteiger partial charge in [0.25, 0.3) is 0 Å². The second-order valence-electron chi connectivity index (χ2n) is 4.09. The summed E-state index contributed by atoms with van der Waals surface area (Å²) in [5.41, 5.74) is 0. The molecule has 0 aromatic heterocycles. The van der Waals surface area contributed by atoms with Crippen LogP contribution in [0.15, 0.2) is 0 Å². The van der Waals surface area contributed by atoms with E-state index in [0.717, 1.165) is 25.7 Å². The molecule has 14 heavy (non-hydrogen) atoms. The molecule has 0 fully saturated rings. The normalized spacial score (nSPS) is 15.4.